The Morgan fingerprint density at radius 3 is 2.32 bits per heavy atom. The summed E-state index contributed by atoms with van der Waals surface area (Å²) in [5, 5.41) is 2.49. The number of ether oxygens (including phenoxy) is 2. The third-order valence-electron chi connectivity index (χ3n) is 2.65. The lowest BCUT2D eigenvalue weighted by molar-refractivity contribution is -0.146. The maximum absolute atomic E-state index is 11.8. The Morgan fingerprint density at radius 1 is 1.20 bits per heavy atom. The molecule has 0 aliphatic heterocycles. The zero-order valence-electron chi connectivity index (χ0n) is 14.9. The number of carbonyl (C=O) groups is 2. The van der Waals surface area contributed by atoms with Crippen LogP contribution in [0, 0.1) is 0 Å². The zero-order chi connectivity index (χ0) is 19.3. The van der Waals surface area contributed by atoms with Crippen LogP contribution in [0.4, 0.5) is 4.79 Å². The van der Waals surface area contributed by atoms with Gasteiger partial charge >= 0.3 is 22.2 Å². The molecule has 0 radical (unpaired) electrons. The number of hydrogen-bond acceptors (Lipinski definition) is 7. The quantitative estimate of drug-likeness (QED) is 0.601. The van der Waals surface area contributed by atoms with Gasteiger partial charge in [0.15, 0.2) is 0 Å². The number of benzene rings is 1. The highest BCUT2D eigenvalue weighted by molar-refractivity contribution is 7.86. The average molecular weight is 373 g/mol. The Morgan fingerprint density at radius 2 is 1.80 bits per heavy atom. The van der Waals surface area contributed by atoms with Gasteiger partial charge < -0.3 is 19.0 Å². The normalized spacial score (nSPS) is 12.8. The zero-order valence-corrected chi connectivity index (χ0v) is 15.7. The van der Waals surface area contributed by atoms with Gasteiger partial charge in [-0.05, 0) is 26.8 Å². The number of carbonyl (C=O) groups excluding carboxylic acids is 2. The highest BCUT2D eigenvalue weighted by Gasteiger charge is 2.23. The third-order valence-corrected chi connectivity index (χ3v) is 3.13. The molecule has 0 bridgehead atoms. The van der Waals surface area contributed by atoms with Crippen LogP contribution in [0.25, 0.3) is 0 Å². The van der Waals surface area contributed by atoms with Crippen molar-refractivity contribution in [3.63, 3.8) is 0 Å². The molecule has 1 N–H and O–H groups in total. The molecule has 1 atom stereocenters. The van der Waals surface area contributed by atoms with Gasteiger partial charge in [0.05, 0.1) is 12.8 Å². The van der Waals surface area contributed by atoms with E-state index in [1.807, 2.05) is 0 Å². The summed E-state index contributed by atoms with van der Waals surface area (Å²) in [5.41, 5.74) is -0.377. The van der Waals surface area contributed by atoms with Crippen molar-refractivity contribution in [3.05, 3.63) is 29.8 Å². The highest BCUT2D eigenvalue weighted by Crippen LogP contribution is 2.28. The summed E-state index contributed by atoms with van der Waals surface area (Å²) >= 11 is 0. The number of para-hydroxylation sites is 1. The van der Waals surface area contributed by atoms with Crippen molar-refractivity contribution < 1.29 is 31.7 Å². The molecule has 25 heavy (non-hydrogen) atoms. The van der Waals surface area contributed by atoms with Gasteiger partial charge in [0, 0.05) is 12.5 Å². The number of nitrogens with one attached hydrogen (secondary N) is 1. The summed E-state index contributed by atoms with van der Waals surface area (Å²) in [6.45, 7) is 6.24. The van der Waals surface area contributed by atoms with Gasteiger partial charge in [-0.1, -0.05) is 18.2 Å². The Balaban J connectivity index is 3.00. The van der Waals surface area contributed by atoms with Crippen LogP contribution in [0.2, 0.25) is 0 Å². The molecule has 9 heteroatoms. The van der Waals surface area contributed by atoms with Crippen LogP contribution in [-0.4, -0.2) is 38.9 Å². The molecule has 0 aliphatic carbocycles. The summed E-state index contributed by atoms with van der Waals surface area (Å²) in [4.78, 5) is 23.2. The van der Waals surface area contributed by atoms with Crippen LogP contribution >= 0.6 is 0 Å². The molecular weight excluding hydrogens is 350 g/mol. The molecule has 1 aromatic rings. The first-order valence-corrected chi connectivity index (χ1v) is 9.31. The molecule has 0 saturated carbocycles. The first-order chi connectivity index (χ1) is 11.4. The number of alkyl carbamates (subject to hydrolysis) is 1. The molecule has 0 spiro atoms. The number of rotatable bonds is 6. The molecule has 0 heterocycles. The van der Waals surface area contributed by atoms with E-state index < -0.39 is 33.9 Å². The summed E-state index contributed by atoms with van der Waals surface area (Å²) in [7, 11) is -3.77. The second kappa shape index (κ2) is 8.19. The maximum atomic E-state index is 11.8. The smallest absolute Gasteiger partial charge is 0.407 e. The van der Waals surface area contributed by atoms with Crippen LogP contribution in [0.15, 0.2) is 24.3 Å². The van der Waals surface area contributed by atoms with Gasteiger partial charge in [-0.2, -0.15) is 8.42 Å². The van der Waals surface area contributed by atoms with Crippen molar-refractivity contribution in [1.82, 2.24) is 5.32 Å². The molecule has 8 nitrogen and oxygen atoms in total. The van der Waals surface area contributed by atoms with Crippen molar-refractivity contribution in [3.8, 4) is 5.75 Å². The minimum atomic E-state index is -3.77. The van der Waals surface area contributed by atoms with Gasteiger partial charge in [0.25, 0.3) is 0 Å². The van der Waals surface area contributed by atoms with Gasteiger partial charge in [-0.15, -0.1) is 0 Å². The first-order valence-electron chi connectivity index (χ1n) is 7.50. The van der Waals surface area contributed by atoms with E-state index in [2.05, 4.69) is 5.32 Å². The SMILES string of the molecule is CC(=O)OC(CNC(=O)OC(C)(C)C)c1ccccc1OS(C)(=O)=O. The van der Waals surface area contributed by atoms with Crippen LogP contribution in [-0.2, 0) is 24.4 Å². The molecule has 0 saturated heterocycles. The lowest BCUT2D eigenvalue weighted by Gasteiger charge is -2.23. The highest BCUT2D eigenvalue weighted by atomic mass is 32.2. The van der Waals surface area contributed by atoms with Gasteiger partial charge in [-0.25, -0.2) is 4.79 Å². The van der Waals surface area contributed by atoms with Gasteiger partial charge in [0.1, 0.15) is 17.5 Å². The fourth-order valence-corrected chi connectivity index (χ4v) is 2.37. The topological polar surface area (TPSA) is 108 Å². The number of amides is 1. The van der Waals surface area contributed by atoms with Gasteiger partial charge in [0.2, 0.25) is 0 Å². The molecule has 1 unspecified atom stereocenters. The fraction of sp³-hybridized carbons (Fsp3) is 0.500. The molecular formula is C16H23NO7S. The van der Waals surface area contributed by atoms with E-state index in [0.29, 0.717) is 5.56 Å². The Labute approximate surface area is 147 Å². The maximum Gasteiger partial charge on any atom is 0.407 e. The predicted molar refractivity (Wildman–Crippen MR) is 90.7 cm³/mol. The number of esters is 1. The van der Waals surface area contributed by atoms with Crippen molar-refractivity contribution in [1.29, 1.82) is 0 Å². The Hall–Kier alpha value is -2.29. The monoisotopic (exact) mass is 373 g/mol. The van der Waals surface area contributed by atoms with Crippen LogP contribution in [0.3, 0.4) is 0 Å². The molecule has 1 aromatic carbocycles. The second-order valence-electron chi connectivity index (χ2n) is 6.31. The van der Waals surface area contributed by atoms with Crippen molar-refractivity contribution in [2.45, 2.75) is 39.4 Å². The lowest BCUT2D eigenvalue weighted by atomic mass is 10.1. The average Bonchev–Trinajstić information content (AvgIpc) is 2.40. The van der Waals surface area contributed by atoms with Crippen LogP contribution < -0.4 is 9.50 Å². The predicted octanol–water partition coefficient (Wildman–Crippen LogP) is 2.15. The summed E-state index contributed by atoms with van der Waals surface area (Å²) in [6.07, 6.45) is -0.724. The van der Waals surface area contributed by atoms with E-state index >= 15 is 0 Å². The molecule has 140 valence electrons. The van der Waals surface area contributed by atoms with Crippen LogP contribution in [0.1, 0.15) is 39.4 Å². The van der Waals surface area contributed by atoms with E-state index in [4.69, 9.17) is 13.7 Å². The largest absolute Gasteiger partial charge is 0.456 e. The number of hydrogen-bond donors (Lipinski definition) is 1. The molecule has 1 rings (SSSR count). The summed E-state index contributed by atoms with van der Waals surface area (Å²) in [5.74, 6) is -0.576. The standard InChI is InChI=1S/C16H23NO7S/c1-11(18)22-14(10-17-15(19)23-16(2,3)4)12-8-6-7-9-13(12)24-25(5,20)21/h6-9,14H,10H2,1-5H3,(H,17,19). The van der Waals surface area contributed by atoms with Crippen molar-refractivity contribution in [2.75, 3.05) is 12.8 Å². The van der Waals surface area contributed by atoms with Crippen LogP contribution in [0.5, 0.6) is 5.75 Å². The Kier molecular flexibility index (Phi) is 6.80. The second-order valence-corrected chi connectivity index (χ2v) is 7.88. The lowest BCUT2D eigenvalue weighted by Crippen LogP contribution is -2.35. The molecule has 0 fully saturated rings. The van der Waals surface area contributed by atoms with E-state index in [9.17, 15) is 18.0 Å². The molecule has 0 aliphatic rings. The van der Waals surface area contributed by atoms with Gasteiger partial charge in [-0.3, -0.25) is 4.79 Å². The van der Waals surface area contributed by atoms with E-state index in [0.717, 1.165) is 6.26 Å². The van der Waals surface area contributed by atoms with Crippen molar-refractivity contribution in [2.24, 2.45) is 0 Å². The first kappa shape index (κ1) is 20.8. The molecule has 1 amide bonds. The molecule has 0 aromatic heterocycles. The summed E-state index contributed by atoms with van der Waals surface area (Å²) < 4.78 is 38.0. The van der Waals surface area contributed by atoms with E-state index in [-0.39, 0.29) is 12.3 Å². The van der Waals surface area contributed by atoms with E-state index in [1.165, 1.54) is 13.0 Å². The third kappa shape index (κ3) is 8.39. The Bertz CT molecular complexity index is 722. The summed E-state index contributed by atoms with van der Waals surface area (Å²) in [6, 6.07) is 6.19. The van der Waals surface area contributed by atoms with Crippen molar-refractivity contribution >= 4 is 22.2 Å². The minimum absolute atomic E-state index is 0.0160. The fourth-order valence-electron chi connectivity index (χ4n) is 1.89. The van der Waals surface area contributed by atoms with E-state index in [1.54, 1.807) is 39.0 Å². The minimum Gasteiger partial charge on any atom is -0.456 e.